The van der Waals surface area contributed by atoms with Gasteiger partial charge in [0.1, 0.15) is 6.10 Å². The molecule has 1 aliphatic rings. The van der Waals surface area contributed by atoms with E-state index in [-0.39, 0.29) is 24.9 Å². The molecule has 1 rings (SSSR count). The summed E-state index contributed by atoms with van der Waals surface area (Å²) in [5, 5.41) is -0.481. The molecule has 80 valence electrons. The van der Waals surface area contributed by atoms with Crippen LogP contribution in [0.1, 0.15) is 44.9 Å². The Bertz CT molecular complexity index is 209. The first-order valence-corrected chi connectivity index (χ1v) is 5.44. The fraction of sp³-hybridized carbons (Fsp3) is 0.800. The van der Waals surface area contributed by atoms with E-state index in [1.54, 1.807) is 0 Å². The van der Waals surface area contributed by atoms with Crippen LogP contribution in [0.4, 0.5) is 0 Å². The normalized spacial score (nSPS) is 17.8. The van der Waals surface area contributed by atoms with Crippen LogP contribution in [0.25, 0.3) is 0 Å². The van der Waals surface area contributed by atoms with E-state index in [9.17, 15) is 9.59 Å². The van der Waals surface area contributed by atoms with E-state index in [4.69, 9.17) is 16.3 Å². The van der Waals surface area contributed by atoms with Crippen molar-refractivity contribution in [1.29, 1.82) is 0 Å². The zero-order valence-electron chi connectivity index (χ0n) is 8.13. The zero-order chi connectivity index (χ0) is 10.4. The van der Waals surface area contributed by atoms with E-state index in [0.717, 1.165) is 25.7 Å². The molecule has 0 aliphatic heterocycles. The molecule has 1 saturated carbocycles. The molecule has 1 aliphatic carbocycles. The van der Waals surface area contributed by atoms with Gasteiger partial charge in [-0.05, 0) is 37.3 Å². The molecule has 1 fully saturated rings. The predicted octanol–water partition coefficient (Wildman–Crippen LogP) is 2.41. The summed E-state index contributed by atoms with van der Waals surface area (Å²) in [6, 6.07) is 0. The SMILES string of the molecule is O=C(Cl)CCC(=O)OC1CCCCC1. The molecule has 0 aromatic carbocycles. The highest BCUT2D eigenvalue weighted by atomic mass is 35.5. The Morgan fingerprint density at radius 3 is 2.36 bits per heavy atom. The topological polar surface area (TPSA) is 43.4 Å². The van der Waals surface area contributed by atoms with Crippen LogP contribution in [0.3, 0.4) is 0 Å². The van der Waals surface area contributed by atoms with E-state index < -0.39 is 5.24 Å². The average molecular weight is 219 g/mol. The van der Waals surface area contributed by atoms with Crippen molar-refractivity contribution in [3.05, 3.63) is 0 Å². The Hall–Kier alpha value is -0.570. The van der Waals surface area contributed by atoms with Crippen LogP contribution >= 0.6 is 11.6 Å². The van der Waals surface area contributed by atoms with Crippen LogP contribution < -0.4 is 0 Å². The largest absolute Gasteiger partial charge is 0.462 e. The number of carbonyl (C=O) groups excluding carboxylic acids is 2. The van der Waals surface area contributed by atoms with Gasteiger partial charge in [-0.3, -0.25) is 9.59 Å². The third kappa shape index (κ3) is 4.61. The molecular formula is C10H15ClO3. The number of ether oxygens (including phenoxy) is 1. The van der Waals surface area contributed by atoms with Gasteiger partial charge < -0.3 is 4.74 Å². The van der Waals surface area contributed by atoms with Crippen molar-refractivity contribution in [3.8, 4) is 0 Å². The second-order valence-corrected chi connectivity index (χ2v) is 4.03. The summed E-state index contributed by atoms with van der Waals surface area (Å²) in [6.07, 6.45) is 5.67. The van der Waals surface area contributed by atoms with E-state index in [1.165, 1.54) is 6.42 Å². The van der Waals surface area contributed by atoms with Crippen molar-refractivity contribution in [2.75, 3.05) is 0 Å². The minimum atomic E-state index is -0.481. The van der Waals surface area contributed by atoms with Crippen LogP contribution in [-0.4, -0.2) is 17.3 Å². The summed E-state index contributed by atoms with van der Waals surface area (Å²) >= 11 is 5.12. The van der Waals surface area contributed by atoms with E-state index in [2.05, 4.69) is 0 Å². The first kappa shape index (κ1) is 11.5. The van der Waals surface area contributed by atoms with E-state index in [0.29, 0.717) is 0 Å². The van der Waals surface area contributed by atoms with Crippen LogP contribution in [0.2, 0.25) is 0 Å². The molecule has 4 heteroatoms. The minimum Gasteiger partial charge on any atom is -0.462 e. The molecule has 0 heterocycles. The highest BCUT2D eigenvalue weighted by Crippen LogP contribution is 2.20. The summed E-state index contributed by atoms with van der Waals surface area (Å²) in [7, 11) is 0. The van der Waals surface area contributed by atoms with Gasteiger partial charge in [0.05, 0.1) is 6.42 Å². The van der Waals surface area contributed by atoms with Gasteiger partial charge >= 0.3 is 5.97 Å². The number of halogens is 1. The number of carbonyl (C=O) groups is 2. The molecular weight excluding hydrogens is 204 g/mol. The maximum atomic E-state index is 11.2. The lowest BCUT2D eigenvalue weighted by Crippen LogP contribution is -2.20. The first-order valence-electron chi connectivity index (χ1n) is 5.06. The summed E-state index contributed by atoms with van der Waals surface area (Å²) in [5.41, 5.74) is 0. The Labute approximate surface area is 88.8 Å². The smallest absolute Gasteiger partial charge is 0.306 e. The molecule has 0 aromatic heterocycles. The van der Waals surface area contributed by atoms with Gasteiger partial charge in [-0.15, -0.1) is 0 Å². The lowest BCUT2D eigenvalue weighted by Gasteiger charge is -2.21. The van der Waals surface area contributed by atoms with Crippen LogP contribution in [0.5, 0.6) is 0 Å². The quantitative estimate of drug-likeness (QED) is 0.538. The lowest BCUT2D eigenvalue weighted by atomic mass is 9.98. The van der Waals surface area contributed by atoms with Crippen LogP contribution in [0, 0.1) is 0 Å². The van der Waals surface area contributed by atoms with Gasteiger partial charge in [-0.25, -0.2) is 0 Å². The van der Waals surface area contributed by atoms with Crippen LogP contribution in [-0.2, 0) is 14.3 Å². The Kier molecular flexibility index (Phi) is 4.94. The summed E-state index contributed by atoms with van der Waals surface area (Å²) in [5.74, 6) is -0.300. The van der Waals surface area contributed by atoms with Gasteiger partial charge in [-0.1, -0.05) is 6.42 Å². The number of hydrogen-bond acceptors (Lipinski definition) is 3. The van der Waals surface area contributed by atoms with Crippen molar-refractivity contribution >= 4 is 22.8 Å². The van der Waals surface area contributed by atoms with E-state index in [1.807, 2.05) is 0 Å². The second kappa shape index (κ2) is 6.02. The molecule has 3 nitrogen and oxygen atoms in total. The standard InChI is InChI=1S/C10H15ClO3/c11-9(12)6-7-10(13)14-8-4-2-1-3-5-8/h8H,1-7H2. The van der Waals surface area contributed by atoms with Gasteiger partial charge in [-0.2, -0.15) is 0 Å². The summed E-state index contributed by atoms with van der Waals surface area (Å²) < 4.78 is 5.19. The van der Waals surface area contributed by atoms with Gasteiger partial charge in [0, 0.05) is 6.42 Å². The highest BCUT2D eigenvalue weighted by molar-refractivity contribution is 6.63. The minimum absolute atomic E-state index is 0.0710. The molecule has 0 saturated heterocycles. The number of rotatable bonds is 4. The zero-order valence-corrected chi connectivity index (χ0v) is 8.89. The first-order chi connectivity index (χ1) is 6.68. The van der Waals surface area contributed by atoms with Crippen molar-refractivity contribution in [3.63, 3.8) is 0 Å². The molecule has 0 spiro atoms. The fourth-order valence-corrected chi connectivity index (χ4v) is 1.72. The van der Waals surface area contributed by atoms with Crippen molar-refractivity contribution < 1.29 is 14.3 Å². The number of hydrogen-bond donors (Lipinski definition) is 0. The molecule has 0 atom stereocenters. The Morgan fingerprint density at radius 1 is 1.14 bits per heavy atom. The van der Waals surface area contributed by atoms with E-state index >= 15 is 0 Å². The van der Waals surface area contributed by atoms with Crippen molar-refractivity contribution in [1.82, 2.24) is 0 Å². The molecule has 0 radical (unpaired) electrons. The lowest BCUT2D eigenvalue weighted by molar-refractivity contribution is -0.151. The van der Waals surface area contributed by atoms with Crippen LogP contribution in [0.15, 0.2) is 0 Å². The van der Waals surface area contributed by atoms with Gasteiger partial charge in [0.2, 0.25) is 5.24 Å². The third-order valence-corrected chi connectivity index (χ3v) is 2.56. The van der Waals surface area contributed by atoms with Gasteiger partial charge in [0.25, 0.3) is 0 Å². The molecule has 0 N–H and O–H groups in total. The monoisotopic (exact) mass is 218 g/mol. The molecule has 0 aromatic rings. The molecule has 14 heavy (non-hydrogen) atoms. The maximum Gasteiger partial charge on any atom is 0.306 e. The predicted molar refractivity (Wildman–Crippen MR) is 53.1 cm³/mol. The average Bonchev–Trinajstić information content (AvgIpc) is 2.16. The third-order valence-electron chi connectivity index (χ3n) is 2.38. The second-order valence-electron chi connectivity index (χ2n) is 3.60. The molecule has 0 bridgehead atoms. The number of esters is 1. The highest BCUT2D eigenvalue weighted by Gasteiger charge is 2.17. The molecule has 0 unspecified atom stereocenters. The Balaban J connectivity index is 2.15. The van der Waals surface area contributed by atoms with Crippen molar-refractivity contribution in [2.45, 2.75) is 51.0 Å². The molecule has 0 amide bonds. The Morgan fingerprint density at radius 2 is 1.79 bits per heavy atom. The van der Waals surface area contributed by atoms with Crippen molar-refractivity contribution in [2.24, 2.45) is 0 Å². The fourth-order valence-electron chi connectivity index (χ4n) is 1.63. The summed E-state index contributed by atoms with van der Waals surface area (Å²) in [4.78, 5) is 21.6. The maximum absolute atomic E-state index is 11.2. The summed E-state index contributed by atoms with van der Waals surface area (Å²) in [6.45, 7) is 0. The van der Waals surface area contributed by atoms with Gasteiger partial charge in [0.15, 0.2) is 0 Å².